The fraction of sp³-hybridized carbons (Fsp3) is 0.130. The van der Waals surface area contributed by atoms with Crippen LogP contribution in [0.25, 0.3) is 0 Å². The van der Waals surface area contributed by atoms with Crippen molar-refractivity contribution in [3.05, 3.63) is 89.2 Å². The largest absolute Gasteiger partial charge is 0.452 e. The van der Waals surface area contributed by atoms with E-state index in [2.05, 4.69) is 10.6 Å². The number of rotatable bonds is 6. The summed E-state index contributed by atoms with van der Waals surface area (Å²) in [5.74, 6) is -1.65. The second-order valence-electron chi connectivity index (χ2n) is 6.55. The first-order valence-electron chi connectivity index (χ1n) is 9.09. The van der Waals surface area contributed by atoms with E-state index in [1.165, 1.54) is 18.2 Å². The quantitative estimate of drug-likeness (QED) is 0.581. The van der Waals surface area contributed by atoms with Crippen molar-refractivity contribution in [1.82, 2.24) is 0 Å². The summed E-state index contributed by atoms with van der Waals surface area (Å²) in [6.07, 6.45) is 0. The van der Waals surface area contributed by atoms with Crippen LogP contribution in [0.15, 0.2) is 66.7 Å². The Morgan fingerprint density at radius 1 is 0.931 bits per heavy atom. The molecule has 0 radical (unpaired) electrons. The number of anilines is 3. The number of hydrogen-bond acceptors (Lipinski definition) is 4. The second-order valence-corrected chi connectivity index (χ2v) is 6.55. The van der Waals surface area contributed by atoms with Gasteiger partial charge in [0.2, 0.25) is 0 Å². The molecule has 0 bridgehead atoms. The van der Waals surface area contributed by atoms with E-state index in [1.807, 2.05) is 32.0 Å². The summed E-state index contributed by atoms with van der Waals surface area (Å²) >= 11 is 0. The lowest BCUT2D eigenvalue weighted by atomic mass is 10.1. The van der Waals surface area contributed by atoms with Gasteiger partial charge in [-0.05, 0) is 61.4 Å². The van der Waals surface area contributed by atoms with Crippen LogP contribution in [0.3, 0.4) is 0 Å². The Kier molecular flexibility index (Phi) is 6.24. The van der Waals surface area contributed by atoms with E-state index >= 15 is 0 Å². The van der Waals surface area contributed by atoms with E-state index in [9.17, 15) is 14.0 Å². The molecule has 5 nitrogen and oxygen atoms in total. The number of amides is 1. The zero-order chi connectivity index (χ0) is 20.8. The SMILES string of the molecule is Cc1cccc(Nc2ccccc2C(=O)OCC(=O)Nc2cccc(F)c2)c1C. The summed E-state index contributed by atoms with van der Waals surface area (Å²) in [6.45, 7) is 3.53. The molecule has 1 amide bonds. The van der Waals surface area contributed by atoms with Gasteiger partial charge in [-0.15, -0.1) is 0 Å². The van der Waals surface area contributed by atoms with Crippen LogP contribution in [-0.4, -0.2) is 18.5 Å². The number of carbonyl (C=O) groups is 2. The van der Waals surface area contributed by atoms with Crippen molar-refractivity contribution in [1.29, 1.82) is 0 Å². The molecule has 0 aliphatic rings. The van der Waals surface area contributed by atoms with E-state index in [0.717, 1.165) is 16.8 Å². The lowest BCUT2D eigenvalue weighted by Crippen LogP contribution is -2.21. The molecule has 6 heteroatoms. The first-order chi connectivity index (χ1) is 13.9. The predicted octanol–water partition coefficient (Wildman–Crippen LogP) is 4.98. The number of carbonyl (C=O) groups excluding carboxylic acids is 2. The highest BCUT2D eigenvalue weighted by atomic mass is 19.1. The van der Waals surface area contributed by atoms with Gasteiger partial charge in [-0.3, -0.25) is 4.79 Å². The van der Waals surface area contributed by atoms with Crippen LogP contribution < -0.4 is 10.6 Å². The van der Waals surface area contributed by atoms with Crippen LogP contribution in [0.5, 0.6) is 0 Å². The summed E-state index contributed by atoms with van der Waals surface area (Å²) < 4.78 is 18.3. The number of benzene rings is 3. The van der Waals surface area contributed by atoms with Crippen LogP contribution in [-0.2, 0) is 9.53 Å². The van der Waals surface area contributed by atoms with Gasteiger partial charge >= 0.3 is 5.97 Å². The maximum absolute atomic E-state index is 13.2. The molecule has 148 valence electrons. The van der Waals surface area contributed by atoms with Crippen LogP contribution in [0, 0.1) is 19.7 Å². The van der Waals surface area contributed by atoms with E-state index < -0.39 is 24.3 Å². The van der Waals surface area contributed by atoms with Crippen LogP contribution in [0.1, 0.15) is 21.5 Å². The van der Waals surface area contributed by atoms with E-state index in [0.29, 0.717) is 16.9 Å². The average molecular weight is 392 g/mol. The van der Waals surface area contributed by atoms with Gasteiger partial charge in [0.15, 0.2) is 6.61 Å². The molecule has 0 saturated carbocycles. The number of aryl methyl sites for hydroxylation is 1. The summed E-state index contributed by atoms with van der Waals surface area (Å²) in [6, 6.07) is 18.3. The minimum Gasteiger partial charge on any atom is -0.452 e. The van der Waals surface area contributed by atoms with Crippen molar-refractivity contribution < 1.29 is 18.7 Å². The highest BCUT2D eigenvalue weighted by molar-refractivity contribution is 5.99. The third-order valence-electron chi connectivity index (χ3n) is 4.46. The fourth-order valence-corrected chi connectivity index (χ4v) is 2.77. The first kappa shape index (κ1) is 20.1. The Morgan fingerprint density at radius 2 is 1.66 bits per heavy atom. The fourth-order valence-electron chi connectivity index (χ4n) is 2.77. The number of esters is 1. The first-order valence-corrected chi connectivity index (χ1v) is 9.09. The monoisotopic (exact) mass is 392 g/mol. The van der Waals surface area contributed by atoms with Gasteiger partial charge in [-0.2, -0.15) is 0 Å². The zero-order valence-corrected chi connectivity index (χ0v) is 16.2. The lowest BCUT2D eigenvalue weighted by Gasteiger charge is -2.14. The van der Waals surface area contributed by atoms with E-state index in [1.54, 1.807) is 30.3 Å². The molecule has 3 aromatic rings. The van der Waals surface area contributed by atoms with Crippen molar-refractivity contribution in [3.8, 4) is 0 Å². The van der Waals surface area contributed by atoms with E-state index in [4.69, 9.17) is 4.74 Å². The molecule has 2 N–H and O–H groups in total. The maximum atomic E-state index is 13.2. The number of para-hydroxylation sites is 1. The highest BCUT2D eigenvalue weighted by Gasteiger charge is 2.15. The topological polar surface area (TPSA) is 67.4 Å². The number of ether oxygens (including phenoxy) is 1. The van der Waals surface area contributed by atoms with Crippen molar-refractivity contribution in [3.63, 3.8) is 0 Å². The highest BCUT2D eigenvalue weighted by Crippen LogP contribution is 2.25. The van der Waals surface area contributed by atoms with Gasteiger partial charge in [0.25, 0.3) is 5.91 Å². The van der Waals surface area contributed by atoms with Crippen LogP contribution in [0.4, 0.5) is 21.5 Å². The molecule has 0 aromatic heterocycles. The summed E-state index contributed by atoms with van der Waals surface area (Å²) in [5, 5.41) is 5.74. The minimum absolute atomic E-state index is 0.294. The van der Waals surface area contributed by atoms with Crippen molar-refractivity contribution >= 4 is 28.9 Å². The molecule has 0 saturated heterocycles. The van der Waals surface area contributed by atoms with Crippen LogP contribution in [0.2, 0.25) is 0 Å². The Balaban J connectivity index is 1.67. The molecule has 3 aromatic carbocycles. The smallest absolute Gasteiger partial charge is 0.340 e. The van der Waals surface area contributed by atoms with Gasteiger partial charge in [0.1, 0.15) is 5.82 Å². The van der Waals surface area contributed by atoms with Crippen molar-refractivity contribution in [2.75, 3.05) is 17.2 Å². The lowest BCUT2D eigenvalue weighted by molar-refractivity contribution is -0.119. The zero-order valence-electron chi connectivity index (χ0n) is 16.2. The van der Waals surface area contributed by atoms with Crippen LogP contribution >= 0.6 is 0 Å². The van der Waals surface area contributed by atoms with Gasteiger partial charge in [-0.1, -0.05) is 30.3 Å². The molecule has 0 atom stereocenters. The predicted molar refractivity (Wildman–Crippen MR) is 111 cm³/mol. The Bertz CT molecular complexity index is 1050. The van der Waals surface area contributed by atoms with Crippen molar-refractivity contribution in [2.24, 2.45) is 0 Å². The molecule has 0 heterocycles. The number of hydrogen-bond donors (Lipinski definition) is 2. The molecule has 29 heavy (non-hydrogen) atoms. The Morgan fingerprint density at radius 3 is 2.45 bits per heavy atom. The molecule has 0 spiro atoms. The molecule has 0 fully saturated rings. The maximum Gasteiger partial charge on any atom is 0.340 e. The molecule has 0 aliphatic carbocycles. The summed E-state index contributed by atoms with van der Waals surface area (Å²) in [4.78, 5) is 24.5. The third kappa shape index (κ3) is 5.19. The molecule has 0 aliphatic heterocycles. The standard InChI is InChI=1S/C23H21FN2O3/c1-15-7-5-12-20(16(15)2)26-21-11-4-3-10-19(21)23(28)29-14-22(27)25-18-9-6-8-17(24)13-18/h3-13,26H,14H2,1-2H3,(H,25,27). The third-order valence-corrected chi connectivity index (χ3v) is 4.46. The van der Waals surface area contributed by atoms with Gasteiger partial charge < -0.3 is 15.4 Å². The average Bonchev–Trinajstić information content (AvgIpc) is 2.70. The van der Waals surface area contributed by atoms with E-state index in [-0.39, 0.29) is 0 Å². The number of halogens is 1. The Labute approximate surface area is 168 Å². The molecule has 0 unspecified atom stereocenters. The molecular weight excluding hydrogens is 371 g/mol. The minimum atomic E-state index is -0.632. The summed E-state index contributed by atoms with van der Waals surface area (Å²) in [7, 11) is 0. The molecular formula is C23H21FN2O3. The molecule has 3 rings (SSSR count). The summed E-state index contributed by atoms with van der Waals surface area (Å²) in [5.41, 5.74) is 4.27. The second kappa shape index (κ2) is 9.01. The van der Waals surface area contributed by atoms with Gasteiger partial charge in [0.05, 0.1) is 11.3 Å². The Hall–Kier alpha value is -3.67. The van der Waals surface area contributed by atoms with Crippen molar-refractivity contribution in [2.45, 2.75) is 13.8 Å². The van der Waals surface area contributed by atoms with Gasteiger partial charge in [-0.25, -0.2) is 9.18 Å². The number of nitrogens with one attached hydrogen (secondary N) is 2. The van der Waals surface area contributed by atoms with Gasteiger partial charge in [0, 0.05) is 11.4 Å². The normalized spacial score (nSPS) is 10.3.